The third kappa shape index (κ3) is 4.63. The quantitative estimate of drug-likeness (QED) is 0.326. The van der Waals surface area contributed by atoms with Gasteiger partial charge in [-0.1, -0.05) is 47.7 Å². The Kier molecular flexibility index (Phi) is 5.87. The number of hydrogen-bond donors (Lipinski definition) is 0. The monoisotopic (exact) mass is 455 g/mol. The van der Waals surface area contributed by atoms with Gasteiger partial charge in [-0.25, -0.2) is 4.98 Å². The largest absolute Gasteiger partial charge is 0.497 e. The van der Waals surface area contributed by atoms with Crippen LogP contribution in [0.4, 0.5) is 5.13 Å². The number of nitrogens with zero attached hydrogens (tertiary/aromatic N) is 3. The standard InChI is InChI=1S/C26H21N3O3S/c1-31-21-10-11-23-24(14-21)33-26(28-23)29(16-18-5-4-12-27-15-18)25(30)17-32-22-9-8-19-6-2-3-7-20(19)13-22/h2-15H,16-17H2,1H3. The maximum Gasteiger partial charge on any atom is 0.267 e. The van der Waals surface area contributed by atoms with Gasteiger partial charge in [0.2, 0.25) is 0 Å². The minimum Gasteiger partial charge on any atom is -0.497 e. The minimum atomic E-state index is -0.182. The molecule has 164 valence electrons. The number of hydrogen-bond acceptors (Lipinski definition) is 6. The van der Waals surface area contributed by atoms with Gasteiger partial charge in [0.05, 0.1) is 23.9 Å². The Morgan fingerprint density at radius 3 is 2.64 bits per heavy atom. The smallest absolute Gasteiger partial charge is 0.267 e. The van der Waals surface area contributed by atoms with Gasteiger partial charge in [0, 0.05) is 12.4 Å². The van der Waals surface area contributed by atoms with E-state index in [-0.39, 0.29) is 12.5 Å². The lowest BCUT2D eigenvalue weighted by molar-refractivity contribution is -0.120. The average molecular weight is 456 g/mol. The second kappa shape index (κ2) is 9.26. The van der Waals surface area contributed by atoms with Crippen LogP contribution in [0.5, 0.6) is 11.5 Å². The summed E-state index contributed by atoms with van der Waals surface area (Å²) >= 11 is 1.44. The molecule has 1 amide bonds. The number of pyridine rings is 1. The SMILES string of the molecule is COc1ccc2nc(N(Cc3cccnc3)C(=O)COc3ccc4ccccc4c3)sc2c1. The number of rotatable bonds is 7. The molecule has 0 saturated carbocycles. The Hall–Kier alpha value is -3.97. The molecule has 33 heavy (non-hydrogen) atoms. The fourth-order valence-corrected chi connectivity index (χ4v) is 4.56. The van der Waals surface area contributed by atoms with Crippen LogP contribution in [0.2, 0.25) is 0 Å². The molecule has 0 atom stereocenters. The third-order valence-electron chi connectivity index (χ3n) is 5.26. The zero-order valence-electron chi connectivity index (χ0n) is 18.0. The maximum absolute atomic E-state index is 13.3. The predicted octanol–water partition coefficient (Wildman–Crippen LogP) is 5.47. The van der Waals surface area contributed by atoms with Crippen LogP contribution in [0.3, 0.4) is 0 Å². The summed E-state index contributed by atoms with van der Waals surface area (Å²) in [5.74, 6) is 1.22. The molecule has 2 aromatic heterocycles. The molecule has 0 fully saturated rings. The molecular weight excluding hydrogens is 434 g/mol. The molecule has 0 N–H and O–H groups in total. The van der Waals surface area contributed by atoms with E-state index >= 15 is 0 Å². The number of methoxy groups -OCH3 is 1. The average Bonchev–Trinajstić information content (AvgIpc) is 3.29. The fourth-order valence-electron chi connectivity index (χ4n) is 3.55. The lowest BCUT2D eigenvalue weighted by atomic mass is 10.1. The van der Waals surface area contributed by atoms with Crippen LogP contribution in [0.1, 0.15) is 5.56 Å². The minimum absolute atomic E-state index is 0.0994. The van der Waals surface area contributed by atoms with Gasteiger partial charge in [-0.05, 0) is 52.7 Å². The number of amides is 1. The van der Waals surface area contributed by atoms with Crippen molar-refractivity contribution in [3.8, 4) is 11.5 Å². The summed E-state index contributed by atoms with van der Waals surface area (Å²) in [5, 5.41) is 2.79. The molecule has 0 saturated heterocycles. The highest BCUT2D eigenvalue weighted by atomic mass is 32.1. The molecule has 0 aliphatic rings. The number of carbonyl (C=O) groups is 1. The summed E-state index contributed by atoms with van der Waals surface area (Å²) in [6.07, 6.45) is 3.46. The number of anilines is 1. The van der Waals surface area contributed by atoms with Gasteiger partial charge < -0.3 is 9.47 Å². The lowest BCUT2D eigenvalue weighted by Gasteiger charge is -2.20. The molecule has 0 aliphatic heterocycles. The van der Waals surface area contributed by atoms with E-state index in [1.807, 2.05) is 72.8 Å². The van der Waals surface area contributed by atoms with E-state index in [0.717, 1.165) is 32.3 Å². The van der Waals surface area contributed by atoms with Gasteiger partial charge in [-0.2, -0.15) is 0 Å². The topological polar surface area (TPSA) is 64.5 Å². The zero-order valence-corrected chi connectivity index (χ0v) is 18.8. The maximum atomic E-state index is 13.3. The summed E-state index contributed by atoms with van der Waals surface area (Å²) < 4.78 is 12.1. The Labute approximate surface area is 195 Å². The van der Waals surface area contributed by atoms with E-state index in [1.54, 1.807) is 24.4 Å². The normalized spacial score (nSPS) is 10.9. The van der Waals surface area contributed by atoms with Gasteiger partial charge in [0.15, 0.2) is 11.7 Å². The van der Waals surface area contributed by atoms with Gasteiger partial charge in [0.1, 0.15) is 11.5 Å². The predicted molar refractivity (Wildman–Crippen MR) is 131 cm³/mol. The zero-order chi connectivity index (χ0) is 22.6. The summed E-state index contributed by atoms with van der Waals surface area (Å²) in [7, 11) is 1.63. The molecule has 0 radical (unpaired) electrons. The van der Waals surface area contributed by atoms with Crippen molar-refractivity contribution in [3.63, 3.8) is 0 Å². The molecule has 0 aliphatic carbocycles. The first-order chi connectivity index (χ1) is 16.2. The van der Waals surface area contributed by atoms with Gasteiger partial charge in [-0.15, -0.1) is 0 Å². The number of fused-ring (bicyclic) bond motifs is 2. The van der Waals surface area contributed by atoms with Gasteiger partial charge in [-0.3, -0.25) is 14.7 Å². The summed E-state index contributed by atoms with van der Waals surface area (Å²) in [5.41, 5.74) is 1.73. The number of carbonyl (C=O) groups excluding carboxylic acids is 1. The van der Waals surface area contributed by atoms with Crippen molar-refractivity contribution >= 4 is 43.4 Å². The van der Waals surface area contributed by atoms with E-state index in [0.29, 0.717) is 17.4 Å². The molecule has 5 aromatic rings. The van der Waals surface area contributed by atoms with Crippen molar-refractivity contribution in [2.75, 3.05) is 18.6 Å². The van der Waals surface area contributed by atoms with Crippen LogP contribution in [-0.4, -0.2) is 29.6 Å². The van der Waals surface area contributed by atoms with Crippen molar-refractivity contribution in [2.24, 2.45) is 0 Å². The van der Waals surface area contributed by atoms with E-state index < -0.39 is 0 Å². The number of benzene rings is 3. The van der Waals surface area contributed by atoms with Gasteiger partial charge in [0.25, 0.3) is 5.91 Å². The van der Waals surface area contributed by atoms with Crippen LogP contribution in [0.15, 0.2) is 85.2 Å². The number of thiazole rings is 1. The third-order valence-corrected chi connectivity index (χ3v) is 6.30. The first kappa shape index (κ1) is 20.9. The fraction of sp³-hybridized carbons (Fsp3) is 0.115. The second-order valence-electron chi connectivity index (χ2n) is 7.47. The second-order valence-corrected chi connectivity index (χ2v) is 8.48. The highest BCUT2D eigenvalue weighted by Gasteiger charge is 2.21. The van der Waals surface area contributed by atoms with E-state index in [4.69, 9.17) is 14.5 Å². The van der Waals surface area contributed by atoms with Crippen molar-refractivity contribution < 1.29 is 14.3 Å². The molecular formula is C26H21N3O3S. The van der Waals surface area contributed by atoms with Gasteiger partial charge >= 0.3 is 0 Å². The van der Waals surface area contributed by atoms with Crippen molar-refractivity contribution in [3.05, 3.63) is 90.8 Å². The molecule has 5 rings (SSSR count). The molecule has 0 unspecified atom stereocenters. The van der Waals surface area contributed by atoms with Crippen molar-refractivity contribution in [1.29, 1.82) is 0 Å². The molecule has 2 heterocycles. The highest BCUT2D eigenvalue weighted by molar-refractivity contribution is 7.22. The lowest BCUT2D eigenvalue weighted by Crippen LogP contribution is -2.34. The first-order valence-corrected chi connectivity index (χ1v) is 11.3. The van der Waals surface area contributed by atoms with Crippen LogP contribution in [0, 0.1) is 0 Å². The van der Waals surface area contributed by atoms with Crippen LogP contribution in [-0.2, 0) is 11.3 Å². The van der Waals surface area contributed by atoms with Crippen LogP contribution in [0.25, 0.3) is 21.0 Å². The molecule has 3 aromatic carbocycles. The Morgan fingerprint density at radius 1 is 0.970 bits per heavy atom. The first-order valence-electron chi connectivity index (χ1n) is 10.4. The van der Waals surface area contributed by atoms with E-state index in [2.05, 4.69) is 4.98 Å². The highest BCUT2D eigenvalue weighted by Crippen LogP contribution is 2.32. The molecule has 0 bridgehead atoms. The Balaban J connectivity index is 1.41. The summed E-state index contributed by atoms with van der Waals surface area (Å²) in [6.45, 7) is 0.253. The molecule has 6 nitrogen and oxygen atoms in total. The van der Waals surface area contributed by atoms with Crippen LogP contribution < -0.4 is 14.4 Å². The number of aromatic nitrogens is 2. The van der Waals surface area contributed by atoms with Crippen molar-refractivity contribution in [2.45, 2.75) is 6.54 Å². The summed E-state index contributed by atoms with van der Waals surface area (Å²) in [6, 6.07) is 23.3. The molecule has 0 spiro atoms. The Bertz CT molecular complexity index is 1420. The molecule has 7 heteroatoms. The van der Waals surface area contributed by atoms with E-state index in [9.17, 15) is 4.79 Å². The summed E-state index contributed by atoms with van der Waals surface area (Å²) in [4.78, 5) is 23.8. The van der Waals surface area contributed by atoms with E-state index in [1.165, 1.54) is 11.3 Å². The van der Waals surface area contributed by atoms with Crippen LogP contribution >= 0.6 is 11.3 Å². The number of ether oxygens (including phenoxy) is 2. The Morgan fingerprint density at radius 2 is 1.82 bits per heavy atom. The van der Waals surface area contributed by atoms with Crippen molar-refractivity contribution in [1.82, 2.24) is 9.97 Å².